The predicted molar refractivity (Wildman–Crippen MR) is 77.2 cm³/mol. The van der Waals surface area contributed by atoms with Crippen molar-refractivity contribution in [3.8, 4) is 5.75 Å². The summed E-state index contributed by atoms with van der Waals surface area (Å²) in [6.45, 7) is 1.30. The molecule has 2 rings (SSSR count). The molecule has 0 unspecified atom stereocenters. The van der Waals surface area contributed by atoms with Crippen LogP contribution in [0.25, 0.3) is 0 Å². The summed E-state index contributed by atoms with van der Waals surface area (Å²) in [7, 11) is 1.60. The molecular weight excluding hydrogens is 272 g/mol. The second-order valence-corrected chi connectivity index (χ2v) is 5.13. The van der Waals surface area contributed by atoms with E-state index in [1.165, 1.54) is 0 Å². The molecule has 1 heterocycles. The van der Waals surface area contributed by atoms with Gasteiger partial charge in [0.25, 0.3) is 0 Å². The number of hydrogen-bond donors (Lipinski definition) is 2. The summed E-state index contributed by atoms with van der Waals surface area (Å²) in [5.74, 6) is -0.515. The van der Waals surface area contributed by atoms with E-state index < -0.39 is 11.9 Å². The Kier molecular flexibility index (Phi) is 5.03. The number of amides is 2. The molecule has 2 N–H and O–H groups in total. The number of ether oxygens (including phenoxy) is 1. The number of nitrogens with zero attached hydrogens (tertiary/aromatic N) is 1. The molecule has 114 valence electrons. The Morgan fingerprint density at radius 2 is 2.10 bits per heavy atom. The molecule has 1 aliphatic rings. The zero-order valence-corrected chi connectivity index (χ0v) is 12.0. The van der Waals surface area contributed by atoms with Crippen molar-refractivity contribution in [2.24, 2.45) is 5.92 Å². The van der Waals surface area contributed by atoms with Gasteiger partial charge < -0.3 is 20.1 Å². The van der Waals surface area contributed by atoms with Crippen molar-refractivity contribution < 1.29 is 19.4 Å². The SMILES string of the molecule is COc1ccc(CNC(=O)N2CCC[C@@H](C(=O)O)C2)cc1. The van der Waals surface area contributed by atoms with Crippen LogP contribution in [0.1, 0.15) is 18.4 Å². The number of carboxylic acids is 1. The zero-order chi connectivity index (χ0) is 15.2. The molecule has 0 aliphatic carbocycles. The first kappa shape index (κ1) is 15.2. The summed E-state index contributed by atoms with van der Waals surface area (Å²) in [5.41, 5.74) is 0.968. The van der Waals surface area contributed by atoms with E-state index in [4.69, 9.17) is 9.84 Å². The number of likely N-dealkylation sites (tertiary alicyclic amines) is 1. The Bertz CT molecular complexity index is 501. The van der Waals surface area contributed by atoms with Crippen molar-refractivity contribution >= 4 is 12.0 Å². The van der Waals surface area contributed by atoms with Crippen LogP contribution in [0, 0.1) is 5.92 Å². The van der Waals surface area contributed by atoms with E-state index in [2.05, 4.69) is 5.32 Å². The first-order valence-corrected chi connectivity index (χ1v) is 6.98. The zero-order valence-electron chi connectivity index (χ0n) is 12.0. The topological polar surface area (TPSA) is 78.9 Å². The van der Waals surface area contributed by atoms with Crippen LogP contribution in [0.4, 0.5) is 4.79 Å². The fourth-order valence-electron chi connectivity index (χ4n) is 2.40. The second kappa shape index (κ2) is 6.97. The second-order valence-electron chi connectivity index (χ2n) is 5.13. The molecule has 1 aromatic rings. The van der Waals surface area contributed by atoms with Crippen LogP contribution in [0.3, 0.4) is 0 Å². The smallest absolute Gasteiger partial charge is 0.317 e. The number of carbonyl (C=O) groups is 2. The highest BCUT2D eigenvalue weighted by molar-refractivity contribution is 5.76. The molecule has 1 aliphatic heterocycles. The number of hydrogen-bond acceptors (Lipinski definition) is 3. The first-order valence-electron chi connectivity index (χ1n) is 6.98. The molecular formula is C15H20N2O4. The van der Waals surface area contributed by atoms with Crippen molar-refractivity contribution in [2.45, 2.75) is 19.4 Å². The number of carboxylic acid groups (broad SMARTS) is 1. The summed E-state index contributed by atoms with van der Waals surface area (Å²) in [4.78, 5) is 24.6. The molecule has 0 aromatic heterocycles. The minimum Gasteiger partial charge on any atom is -0.497 e. The summed E-state index contributed by atoms with van der Waals surface area (Å²) in [6, 6.07) is 7.23. The minimum atomic E-state index is -0.831. The molecule has 1 aromatic carbocycles. The van der Waals surface area contributed by atoms with Crippen molar-refractivity contribution in [2.75, 3.05) is 20.2 Å². The number of benzene rings is 1. The van der Waals surface area contributed by atoms with Crippen LogP contribution in [-0.2, 0) is 11.3 Å². The van der Waals surface area contributed by atoms with E-state index in [0.29, 0.717) is 19.5 Å². The Balaban J connectivity index is 1.84. The highest BCUT2D eigenvalue weighted by Gasteiger charge is 2.27. The summed E-state index contributed by atoms with van der Waals surface area (Å²) < 4.78 is 5.07. The lowest BCUT2D eigenvalue weighted by Crippen LogP contribution is -2.46. The number of urea groups is 1. The van der Waals surface area contributed by atoms with Crippen LogP contribution in [-0.4, -0.2) is 42.2 Å². The van der Waals surface area contributed by atoms with Gasteiger partial charge >= 0.3 is 12.0 Å². The Morgan fingerprint density at radius 1 is 1.38 bits per heavy atom. The van der Waals surface area contributed by atoms with Crippen LogP contribution in [0.15, 0.2) is 24.3 Å². The highest BCUT2D eigenvalue weighted by Crippen LogP contribution is 2.17. The van der Waals surface area contributed by atoms with Gasteiger partial charge in [-0.2, -0.15) is 0 Å². The third kappa shape index (κ3) is 4.11. The molecule has 21 heavy (non-hydrogen) atoms. The largest absolute Gasteiger partial charge is 0.497 e. The van der Waals surface area contributed by atoms with Crippen molar-refractivity contribution in [3.63, 3.8) is 0 Å². The monoisotopic (exact) mass is 292 g/mol. The lowest BCUT2D eigenvalue weighted by molar-refractivity contribution is -0.143. The predicted octanol–water partition coefficient (Wildman–Crippen LogP) is 1.70. The van der Waals surface area contributed by atoms with Crippen LogP contribution >= 0.6 is 0 Å². The van der Waals surface area contributed by atoms with Crippen LogP contribution < -0.4 is 10.1 Å². The van der Waals surface area contributed by atoms with Gasteiger partial charge in [-0.3, -0.25) is 4.79 Å². The van der Waals surface area contributed by atoms with Gasteiger partial charge in [0, 0.05) is 19.6 Å². The Hall–Kier alpha value is -2.24. The molecule has 1 fully saturated rings. The van der Waals surface area contributed by atoms with Crippen LogP contribution in [0.2, 0.25) is 0 Å². The molecule has 1 saturated heterocycles. The maximum absolute atomic E-state index is 12.1. The first-order chi connectivity index (χ1) is 10.1. The number of aliphatic carboxylic acids is 1. The molecule has 0 saturated carbocycles. The van der Waals surface area contributed by atoms with Gasteiger partial charge in [-0.1, -0.05) is 12.1 Å². The quantitative estimate of drug-likeness (QED) is 0.885. The lowest BCUT2D eigenvalue weighted by atomic mass is 9.99. The molecule has 0 bridgehead atoms. The van der Waals surface area contributed by atoms with Crippen molar-refractivity contribution in [1.29, 1.82) is 0 Å². The van der Waals surface area contributed by atoms with Gasteiger partial charge in [0.05, 0.1) is 13.0 Å². The third-order valence-electron chi connectivity index (χ3n) is 3.66. The van der Waals surface area contributed by atoms with Gasteiger partial charge in [-0.25, -0.2) is 4.79 Å². The summed E-state index contributed by atoms with van der Waals surface area (Å²) in [5, 5.41) is 11.8. The van der Waals surface area contributed by atoms with Gasteiger partial charge in [0.2, 0.25) is 0 Å². The minimum absolute atomic E-state index is 0.211. The van der Waals surface area contributed by atoms with Gasteiger partial charge in [-0.05, 0) is 30.5 Å². The molecule has 0 radical (unpaired) electrons. The molecule has 2 amide bonds. The van der Waals surface area contributed by atoms with E-state index in [1.807, 2.05) is 24.3 Å². The summed E-state index contributed by atoms with van der Waals surface area (Å²) >= 11 is 0. The number of methoxy groups -OCH3 is 1. The molecule has 6 nitrogen and oxygen atoms in total. The normalized spacial score (nSPS) is 18.1. The van der Waals surface area contributed by atoms with Crippen molar-refractivity contribution in [3.05, 3.63) is 29.8 Å². The number of carbonyl (C=O) groups excluding carboxylic acids is 1. The van der Waals surface area contributed by atoms with Gasteiger partial charge in [0.1, 0.15) is 5.75 Å². The maximum Gasteiger partial charge on any atom is 0.317 e. The molecule has 1 atom stereocenters. The highest BCUT2D eigenvalue weighted by atomic mass is 16.5. The summed E-state index contributed by atoms with van der Waals surface area (Å²) in [6.07, 6.45) is 1.37. The van der Waals surface area contributed by atoms with Gasteiger partial charge in [0.15, 0.2) is 0 Å². The lowest BCUT2D eigenvalue weighted by Gasteiger charge is -2.30. The number of rotatable bonds is 4. The average Bonchev–Trinajstić information content (AvgIpc) is 2.53. The van der Waals surface area contributed by atoms with E-state index in [1.54, 1.807) is 12.0 Å². The fourth-order valence-corrected chi connectivity index (χ4v) is 2.40. The Morgan fingerprint density at radius 3 is 2.71 bits per heavy atom. The van der Waals surface area contributed by atoms with E-state index >= 15 is 0 Å². The van der Waals surface area contributed by atoms with E-state index in [0.717, 1.165) is 17.7 Å². The average molecular weight is 292 g/mol. The van der Waals surface area contributed by atoms with E-state index in [-0.39, 0.29) is 12.6 Å². The number of piperidine rings is 1. The Labute approximate surface area is 123 Å². The van der Waals surface area contributed by atoms with Gasteiger partial charge in [-0.15, -0.1) is 0 Å². The van der Waals surface area contributed by atoms with Crippen molar-refractivity contribution in [1.82, 2.24) is 10.2 Å². The maximum atomic E-state index is 12.1. The van der Waals surface area contributed by atoms with E-state index in [9.17, 15) is 9.59 Å². The molecule has 6 heteroatoms. The fraction of sp³-hybridized carbons (Fsp3) is 0.467. The van der Waals surface area contributed by atoms with Crippen LogP contribution in [0.5, 0.6) is 5.75 Å². The third-order valence-corrected chi connectivity index (χ3v) is 3.66. The molecule has 0 spiro atoms. The standard InChI is InChI=1S/C15H20N2O4/c1-21-13-6-4-11(5-7-13)9-16-15(20)17-8-2-3-12(10-17)14(18)19/h4-7,12H,2-3,8-10H2,1H3,(H,16,20)(H,18,19)/t12-/m1/s1. The number of nitrogens with one attached hydrogen (secondary N) is 1.